The van der Waals surface area contributed by atoms with Crippen molar-refractivity contribution in [2.75, 3.05) is 0 Å². The smallest absolute Gasteiger partial charge is 0.227 e. The summed E-state index contributed by atoms with van der Waals surface area (Å²) in [4.78, 5) is 9.17. The molecule has 2 rings (SSSR count). The summed E-state index contributed by atoms with van der Waals surface area (Å²) in [5.41, 5.74) is 1.69. The minimum Gasteiger partial charge on any atom is -0.355 e. The van der Waals surface area contributed by atoms with Crippen molar-refractivity contribution in [3.63, 3.8) is 0 Å². The van der Waals surface area contributed by atoms with E-state index in [4.69, 9.17) is 0 Å². The molecule has 2 N–H and O–H groups in total. The van der Waals surface area contributed by atoms with Crippen LogP contribution in [0.15, 0.2) is 11.1 Å². The average Bonchev–Trinajstić information content (AvgIpc) is 2.40. The van der Waals surface area contributed by atoms with Crippen molar-refractivity contribution in [2.24, 2.45) is 4.99 Å². The molecule has 0 aromatic carbocycles. The van der Waals surface area contributed by atoms with Crippen molar-refractivity contribution in [2.45, 2.75) is 39.6 Å². The number of fused-ring (bicyclic) bond motifs is 1. The van der Waals surface area contributed by atoms with Crippen LogP contribution in [0.25, 0.3) is 6.20 Å². The Hall–Kier alpha value is -1.29. The molecular weight excluding hydrogens is 190 g/mol. The number of aryl methyl sites for hydroxylation is 1. The molecule has 0 spiro atoms. The molecular formula is C11H17N3O. The van der Waals surface area contributed by atoms with E-state index in [1.807, 2.05) is 44.9 Å². The number of nitrogens with one attached hydrogen (secondary N) is 1. The van der Waals surface area contributed by atoms with Crippen LogP contribution in [-0.2, 0) is 0 Å². The zero-order chi connectivity index (χ0) is 11.2. The Morgan fingerprint density at radius 3 is 2.73 bits per heavy atom. The topological polar surface area (TPSA) is 51.6 Å². The summed E-state index contributed by atoms with van der Waals surface area (Å²) in [7, 11) is 0. The van der Waals surface area contributed by atoms with Crippen LogP contribution in [0, 0.1) is 6.92 Å². The zero-order valence-corrected chi connectivity index (χ0v) is 9.57. The summed E-state index contributed by atoms with van der Waals surface area (Å²) in [5, 5.41) is 10.9. The zero-order valence-electron chi connectivity index (χ0n) is 9.57. The Morgan fingerprint density at radius 2 is 2.13 bits per heavy atom. The highest BCUT2D eigenvalue weighted by atomic mass is 16.3. The lowest BCUT2D eigenvalue weighted by Crippen LogP contribution is -2.49. The standard InChI is InChI=1S/C11H17N3O/c1-7-5-8-6-14(11(2,3)4)10(15)13-9(8)12-7/h5-6,10,15H,1-4H3,(H,12,13). The SMILES string of the molecule is Cc1cc2c([nH]1)=NC(O)N(C(C)(C)C)C=2. The molecule has 1 unspecified atom stereocenters. The van der Waals surface area contributed by atoms with Gasteiger partial charge in [0.2, 0.25) is 6.35 Å². The molecule has 0 bridgehead atoms. The number of hydrogen-bond acceptors (Lipinski definition) is 3. The van der Waals surface area contributed by atoms with Gasteiger partial charge in [-0.25, -0.2) is 4.99 Å². The van der Waals surface area contributed by atoms with Gasteiger partial charge in [-0.1, -0.05) is 0 Å². The van der Waals surface area contributed by atoms with Gasteiger partial charge in [0.05, 0.1) is 0 Å². The van der Waals surface area contributed by atoms with Crippen LogP contribution in [0.4, 0.5) is 0 Å². The molecule has 82 valence electrons. The number of aromatic nitrogens is 1. The fraction of sp³-hybridized carbons (Fsp3) is 0.545. The first-order valence-corrected chi connectivity index (χ1v) is 5.10. The summed E-state index contributed by atoms with van der Waals surface area (Å²) in [6, 6.07) is 2.03. The molecule has 1 aromatic heterocycles. The van der Waals surface area contributed by atoms with E-state index >= 15 is 0 Å². The minimum atomic E-state index is -0.796. The van der Waals surface area contributed by atoms with E-state index in [1.54, 1.807) is 0 Å². The predicted octanol–water partition coefficient (Wildman–Crippen LogP) is 0.0707. The van der Waals surface area contributed by atoms with Gasteiger partial charge in [0.1, 0.15) is 5.49 Å². The third-order valence-corrected chi connectivity index (χ3v) is 2.51. The second-order valence-electron chi connectivity index (χ2n) is 4.94. The average molecular weight is 207 g/mol. The first-order chi connectivity index (χ1) is 6.88. The maximum Gasteiger partial charge on any atom is 0.227 e. The molecule has 4 nitrogen and oxygen atoms in total. The van der Waals surface area contributed by atoms with Gasteiger partial charge in [-0.3, -0.25) is 0 Å². The number of hydrogen-bond donors (Lipinski definition) is 2. The lowest BCUT2D eigenvalue weighted by atomic mass is 10.1. The van der Waals surface area contributed by atoms with Gasteiger partial charge >= 0.3 is 0 Å². The summed E-state index contributed by atoms with van der Waals surface area (Å²) in [6.45, 7) is 8.13. The van der Waals surface area contributed by atoms with Gasteiger partial charge in [0.25, 0.3) is 0 Å². The van der Waals surface area contributed by atoms with Crippen molar-refractivity contribution in [3.8, 4) is 0 Å². The molecule has 0 aliphatic carbocycles. The second-order valence-corrected chi connectivity index (χ2v) is 4.94. The Kier molecular flexibility index (Phi) is 2.12. The molecule has 4 heteroatoms. The summed E-state index contributed by atoms with van der Waals surface area (Å²) >= 11 is 0. The molecule has 0 saturated carbocycles. The van der Waals surface area contributed by atoms with Gasteiger partial charge in [-0.2, -0.15) is 0 Å². The van der Waals surface area contributed by atoms with Crippen molar-refractivity contribution >= 4 is 6.20 Å². The second kappa shape index (κ2) is 3.10. The highest BCUT2D eigenvalue weighted by Gasteiger charge is 2.26. The van der Waals surface area contributed by atoms with E-state index in [-0.39, 0.29) is 5.54 Å². The van der Waals surface area contributed by atoms with Crippen LogP contribution in [0.3, 0.4) is 0 Å². The normalized spacial score (nSPS) is 20.6. The highest BCUT2D eigenvalue weighted by Crippen LogP contribution is 2.17. The highest BCUT2D eigenvalue weighted by molar-refractivity contribution is 5.26. The van der Waals surface area contributed by atoms with E-state index in [1.165, 1.54) is 0 Å². The number of aromatic amines is 1. The molecule has 1 aromatic rings. The molecule has 2 heterocycles. The molecule has 0 amide bonds. The number of rotatable bonds is 0. The Balaban J connectivity index is 2.56. The summed E-state index contributed by atoms with van der Waals surface area (Å²) < 4.78 is 0. The van der Waals surface area contributed by atoms with E-state index in [0.717, 1.165) is 16.4 Å². The largest absolute Gasteiger partial charge is 0.355 e. The third kappa shape index (κ3) is 1.77. The predicted molar refractivity (Wildman–Crippen MR) is 58.4 cm³/mol. The molecule has 1 atom stereocenters. The Labute approximate surface area is 88.9 Å². The van der Waals surface area contributed by atoms with E-state index in [9.17, 15) is 5.11 Å². The maximum atomic E-state index is 9.87. The van der Waals surface area contributed by atoms with E-state index in [2.05, 4.69) is 9.98 Å². The van der Waals surface area contributed by atoms with Crippen molar-refractivity contribution < 1.29 is 5.11 Å². The number of H-pyrrole nitrogens is 1. The minimum absolute atomic E-state index is 0.133. The summed E-state index contributed by atoms with van der Waals surface area (Å²) in [6.07, 6.45) is 1.16. The van der Waals surface area contributed by atoms with E-state index < -0.39 is 6.35 Å². The lowest BCUT2D eigenvalue weighted by molar-refractivity contribution is 0.000932. The van der Waals surface area contributed by atoms with Gasteiger partial charge in [0, 0.05) is 22.7 Å². The fourth-order valence-corrected chi connectivity index (χ4v) is 1.74. The molecule has 0 saturated heterocycles. The molecule has 1 aliphatic rings. The monoisotopic (exact) mass is 207 g/mol. The quantitative estimate of drug-likeness (QED) is 0.632. The van der Waals surface area contributed by atoms with Crippen LogP contribution in [0.1, 0.15) is 26.5 Å². The molecule has 15 heavy (non-hydrogen) atoms. The van der Waals surface area contributed by atoms with Crippen LogP contribution in [-0.4, -0.2) is 26.9 Å². The van der Waals surface area contributed by atoms with Crippen LogP contribution < -0.4 is 10.7 Å². The van der Waals surface area contributed by atoms with Gasteiger partial charge in [-0.15, -0.1) is 0 Å². The Morgan fingerprint density at radius 1 is 1.47 bits per heavy atom. The van der Waals surface area contributed by atoms with Gasteiger partial charge in [-0.05, 0) is 33.8 Å². The first kappa shape index (κ1) is 10.2. The lowest BCUT2D eigenvalue weighted by Gasteiger charge is -2.37. The number of nitrogens with zero attached hydrogens (tertiary/aromatic N) is 2. The first-order valence-electron chi connectivity index (χ1n) is 5.10. The molecule has 0 radical (unpaired) electrons. The van der Waals surface area contributed by atoms with Crippen LogP contribution >= 0.6 is 0 Å². The van der Waals surface area contributed by atoms with Gasteiger partial charge < -0.3 is 15.0 Å². The number of aliphatic hydroxyl groups is 1. The third-order valence-electron chi connectivity index (χ3n) is 2.51. The van der Waals surface area contributed by atoms with Gasteiger partial charge in [0.15, 0.2) is 0 Å². The number of aliphatic hydroxyl groups excluding tert-OH is 1. The fourth-order valence-electron chi connectivity index (χ4n) is 1.74. The van der Waals surface area contributed by atoms with Crippen molar-refractivity contribution in [3.05, 3.63) is 22.5 Å². The van der Waals surface area contributed by atoms with Crippen molar-refractivity contribution in [1.82, 2.24) is 9.88 Å². The molecule has 1 aliphatic heterocycles. The van der Waals surface area contributed by atoms with E-state index in [0.29, 0.717) is 0 Å². The molecule has 0 fully saturated rings. The van der Waals surface area contributed by atoms with Crippen LogP contribution in [0.2, 0.25) is 0 Å². The van der Waals surface area contributed by atoms with Crippen molar-refractivity contribution in [1.29, 1.82) is 0 Å². The maximum absolute atomic E-state index is 9.87. The Bertz CT molecular complexity index is 481. The summed E-state index contributed by atoms with van der Waals surface area (Å²) in [5.74, 6) is 0. The van der Waals surface area contributed by atoms with Crippen LogP contribution in [0.5, 0.6) is 0 Å².